The molecule has 0 aliphatic carbocycles. The Morgan fingerprint density at radius 2 is 1.82 bits per heavy atom. The van der Waals surface area contributed by atoms with Gasteiger partial charge in [0.25, 0.3) is 0 Å². The minimum Gasteiger partial charge on any atom is -0.374 e. The van der Waals surface area contributed by atoms with Crippen LogP contribution >= 0.6 is 11.6 Å². The second-order valence-electron chi connectivity index (χ2n) is 5.09. The van der Waals surface area contributed by atoms with Crippen molar-refractivity contribution in [2.24, 2.45) is 0 Å². The van der Waals surface area contributed by atoms with Crippen LogP contribution in [0.15, 0.2) is 24.3 Å². The van der Waals surface area contributed by atoms with E-state index in [9.17, 15) is 0 Å². The molecule has 1 rings (SSSR count). The molecule has 0 spiro atoms. The SMILES string of the molecule is CCNC(COC(C)(C)C)c1ccc(Cl)cc1. The maximum Gasteiger partial charge on any atom is 0.0668 e. The van der Waals surface area contributed by atoms with Crippen molar-refractivity contribution >= 4 is 11.6 Å². The van der Waals surface area contributed by atoms with Gasteiger partial charge >= 0.3 is 0 Å². The summed E-state index contributed by atoms with van der Waals surface area (Å²) in [5.41, 5.74) is 1.10. The number of hydrogen-bond donors (Lipinski definition) is 1. The highest BCUT2D eigenvalue weighted by Gasteiger charge is 2.16. The van der Waals surface area contributed by atoms with Gasteiger partial charge in [-0.05, 0) is 45.0 Å². The van der Waals surface area contributed by atoms with E-state index >= 15 is 0 Å². The van der Waals surface area contributed by atoms with Gasteiger partial charge in [-0.2, -0.15) is 0 Å². The van der Waals surface area contributed by atoms with Crippen LogP contribution in [0.4, 0.5) is 0 Å². The smallest absolute Gasteiger partial charge is 0.0668 e. The molecule has 96 valence electrons. The fraction of sp³-hybridized carbons (Fsp3) is 0.571. The van der Waals surface area contributed by atoms with E-state index in [0.29, 0.717) is 6.61 Å². The van der Waals surface area contributed by atoms with Gasteiger partial charge in [0.15, 0.2) is 0 Å². The van der Waals surface area contributed by atoms with E-state index in [4.69, 9.17) is 16.3 Å². The summed E-state index contributed by atoms with van der Waals surface area (Å²) >= 11 is 5.89. The van der Waals surface area contributed by atoms with Crippen molar-refractivity contribution < 1.29 is 4.74 Å². The van der Waals surface area contributed by atoms with Crippen molar-refractivity contribution in [1.82, 2.24) is 5.32 Å². The molecule has 0 fully saturated rings. The van der Waals surface area contributed by atoms with Crippen LogP contribution in [0.3, 0.4) is 0 Å². The van der Waals surface area contributed by atoms with Gasteiger partial charge in [-0.3, -0.25) is 0 Å². The zero-order chi connectivity index (χ0) is 12.9. The first-order valence-electron chi connectivity index (χ1n) is 6.05. The van der Waals surface area contributed by atoms with E-state index in [2.05, 4.69) is 33.0 Å². The molecule has 0 bridgehead atoms. The lowest BCUT2D eigenvalue weighted by molar-refractivity contribution is -0.0146. The number of nitrogens with one attached hydrogen (secondary N) is 1. The second-order valence-corrected chi connectivity index (χ2v) is 5.52. The highest BCUT2D eigenvalue weighted by atomic mass is 35.5. The standard InChI is InChI=1S/C14H22ClNO/c1-5-16-13(10-17-14(2,3)4)11-6-8-12(15)9-7-11/h6-9,13,16H,5,10H2,1-4H3. The normalized spacial score (nSPS) is 13.7. The van der Waals surface area contributed by atoms with Crippen LogP contribution in [0.5, 0.6) is 0 Å². The average Bonchev–Trinajstić information content (AvgIpc) is 2.24. The van der Waals surface area contributed by atoms with Crippen LogP contribution in [0.25, 0.3) is 0 Å². The summed E-state index contributed by atoms with van der Waals surface area (Å²) in [7, 11) is 0. The first-order valence-corrected chi connectivity index (χ1v) is 6.43. The average molecular weight is 256 g/mol. The largest absolute Gasteiger partial charge is 0.374 e. The molecule has 17 heavy (non-hydrogen) atoms. The molecule has 1 unspecified atom stereocenters. The van der Waals surface area contributed by atoms with E-state index in [0.717, 1.165) is 11.6 Å². The van der Waals surface area contributed by atoms with Crippen LogP contribution in [0.2, 0.25) is 5.02 Å². The monoisotopic (exact) mass is 255 g/mol. The maximum atomic E-state index is 5.89. The predicted octanol–water partition coefficient (Wildman–Crippen LogP) is 3.81. The van der Waals surface area contributed by atoms with Crippen molar-refractivity contribution in [3.05, 3.63) is 34.9 Å². The third kappa shape index (κ3) is 5.53. The quantitative estimate of drug-likeness (QED) is 0.864. The van der Waals surface area contributed by atoms with E-state index in [1.54, 1.807) is 0 Å². The number of halogens is 1. The minimum absolute atomic E-state index is 0.111. The molecule has 0 saturated carbocycles. The van der Waals surface area contributed by atoms with Crippen molar-refractivity contribution in [3.63, 3.8) is 0 Å². The molecule has 1 N–H and O–H groups in total. The Morgan fingerprint density at radius 1 is 1.24 bits per heavy atom. The van der Waals surface area contributed by atoms with E-state index in [1.807, 2.05) is 24.3 Å². The molecule has 0 aliphatic rings. The molecule has 0 aromatic heterocycles. The summed E-state index contributed by atoms with van der Waals surface area (Å²) in [5, 5.41) is 4.19. The lowest BCUT2D eigenvalue weighted by Crippen LogP contribution is -2.30. The van der Waals surface area contributed by atoms with Crippen LogP contribution in [0.1, 0.15) is 39.3 Å². The van der Waals surface area contributed by atoms with Crippen LogP contribution in [-0.2, 0) is 4.74 Å². The van der Waals surface area contributed by atoms with Gasteiger partial charge in [-0.15, -0.1) is 0 Å². The summed E-state index contributed by atoms with van der Waals surface area (Å²) in [6.07, 6.45) is 0. The molecule has 1 atom stereocenters. The molecule has 1 aromatic carbocycles. The van der Waals surface area contributed by atoms with Crippen molar-refractivity contribution in [2.75, 3.05) is 13.2 Å². The van der Waals surface area contributed by atoms with E-state index < -0.39 is 0 Å². The number of ether oxygens (including phenoxy) is 1. The molecule has 0 radical (unpaired) electrons. The number of benzene rings is 1. The van der Waals surface area contributed by atoms with Gasteiger partial charge in [-0.25, -0.2) is 0 Å². The summed E-state index contributed by atoms with van der Waals surface area (Å²) in [4.78, 5) is 0. The van der Waals surface area contributed by atoms with Gasteiger partial charge in [-0.1, -0.05) is 30.7 Å². The van der Waals surface area contributed by atoms with E-state index in [-0.39, 0.29) is 11.6 Å². The van der Waals surface area contributed by atoms with Gasteiger partial charge in [0.1, 0.15) is 0 Å². The summed E-state index contributed by atoms with van der Waals surface area (Å²) in [5.74, 6) is 0. The first kappa shape index (κ1) is 14.5. The zero-order valence-corrected chi connectivity index (χ0v) is 11.8. The van der Waals surface area contributed by atoms with Crippen molar-refractivity contribution in [3.8, 4) is 0 Å². The van der Waals surface area contributed by atoms with Gasteiger partial charge in [0, 0.05) is 5.02 Å². The Hall–Kier alpha value is -0.570. The Labute approximate surface area is 109 Å². The van der Waals surface area contributed by atoms with Gasteiger partial charge in [0.2, 0.25) is 0 Å². The summed E-state index contributed by atoms with van der Waals surface area (Å²) in [6, 6.07) is 8.14. The number of hydrogen-bond acceptors (Lipinski definition) is 2. The molecular weight excluding hydrogens is 234 g/mol. The highest BCUT2D eigenvalue weighted by Crippen LogP contribution is 2.19. The van der Waals surface area contributed by atoms with Crippen LogP contribution < -0.4 is 5.32 Å². The summed E-state index contributed by atoms with van der Waals surface area (Å²) < 4.78 is 5.83. The molecule has 3 heteroatoms. The topological polar surface area (TPSA) is 21.3 Å². The van der Waals surface area contributed by atoms with Gasteiger partial charge in [0.05, 0.1) is 18.2 Å². The fourth-order valence-corrected chi connectivity index (χ4v) is 1.67. The van der Waals surface area contributed by atoms with Crippen molar-refractivity contribution in [2.45, 2.75) is 39.3 Å². The summed E-state index contributed by atoms with van der Waals surface area (Å²) in [6.45, 7) is 9.88. The zero-order valence-electron chi connectivity index (χ0n) is 11.1. The van der Waals surface area contributed by atoms with Crippen LogP contribution in [0, 0.1) is 0 Å². The highest BCUT2D eigenvalue weighted by molar-refractivity contribution is 6.30. The molecular formula is C14H22ClNO. The molecule has 0 aliphatic heterocycles. The fourth-order valence-electron chi connectivity index (χ4n) is 1.55. The van der Waals surface area contributed by atoms with Crippen LogP contribution in [-0.4, -0.2) is 18.8 Å². The maximum absolute atomic E-state index is 5.89. The lowest BCUT2D eigenvalue weighted by Gasteiger charge is -2.25. The minimum atomic E-state index is -0.111. The number of rotatable bonds is 5. The molecule has 2 nitrogen and oxygen atoms in total. The lowest BCUT2D eigenvalue weighted by atomic mass is 10.1. The van der Waals surface area contributed by atoms with Gasteiger partial charge < -0.3 is 10.1 Å². The Morgan fingerprint density at radius 3 is 2.29 bits per heavy atom. The first-order chi connectivity index (χ1) is 7.92. The Kier molecular flexibility index (Phi) is 5.44. The molecule has 0 heterocycles. The molecule has 0 saturated heterocycles. The van der Waals surface area contributed by atoms with E-state index in [1.165, 1.54) is 5.56 Å². The second kappa shape index (κ2) is 6.39. The molecule has 0 amide bonds. The third-order valence-corrected chi connectivity index (χ3v) is 2.66. The van der Waals surface area contributed by atoms with Crippen molar-refractivity contribution in [1.29, 1.82) is 0 Å². The third-order valence-electron chi connectivity index (χ3n) is 2.41. The number of likely N-dealkylation sites (N-methyl/N-ethyl adjacent to an activating group) is 1. The Balaban J connectivity index is 2.68. The predicted molar refractivity (Wildman–Crippen MR) is 73.6 cm³/mol. The molecule has 1 aromatic rings. The Bertz CT molecular complexity index is 329.